The quantitative estimate of drug-likeness (QED) is 0.767. The van der Waals surface area contributed by atoms with Gasteiger partial charge in [0.2, 0.25) is 15.9 Å². The monoisotopic (exact) mass is 331 g/mol. The van der Waals surface area contributed by atoms with Crippen LogP contribution in [0.5, 0.6) is 0 Å². The first-order chi connectivity index (χ1) is 9.67. The van der Waals surface area contributed by atoms with Gasteiger partial charge < -0.3 is 11.1 Å². The van der Waals surface area contributed by atoms with Crippen LogP contribution in [0.25, 0.3) is 0 Å². The second kappa shape index (κ2) is 5.82. The maximum absolute atomic E-state index is 11.9. The average molecular weight is 332 g/mol. The lowest BCUT2D eigenvalue weighted by atomic mass is 9.75. The zero-order valence-corrected chi connectivity index (χ0v) is 13.2. The maximum Gasteiger partial charge on any atom is 0.229 e. The van der Waals surface area contributed by atoms with Crippen molar-refractivity contribution in [3.05, 3.63) is 23.2 Å². The van der Waals surface area contributed by atoms with Gasteiger partial charge in [-0.15, -0.1) is 0 Å². The SMILES string of the molecule is CS(=O)(=O)Nc1ccc(NC(=O)CC2(N)CCC2)cc1Cl. The van der Waals surface area contributed by atoms with Gasteiger partial charge in [-0.1, -0.05) is 11.6 Å². The molecule has 0 atom stereocenters. The number of carbonyl (C=O) groups excluding carboxylic acids is 1. The minimum Gasteiger partial charge on any atom is -0.326 e. The van der Waals surface area contributed by atoms with E-state index in [1.807, 2.05) is 0 Å². The smallest absolute Gasteiger partial charge is 0.229 e. The van der Waals surface area contributed by atoms with Crippen LogP contribution in [-0.4, -0.2) is 26.1 Å². The topological polar surface area (TPSA) is 101 Å². The zero-order chi connectivity index (χ0) is 15.7. The molecule has 8 heteroatoms. The van der Waals surface area contributed by atoms with Gasteiger partial charge in [0.15, 0.2) is 0 Å². The van der Waals surface area contributed by atoms with Gasteiger partial charge in [-0.3, -0.25) is 9.52 Å². The third kappa shape index (κ3) is 4.59. The minimum absolute atomic E-state index is 0.169. The summed E-state index contributed by atoms with van der Waals surface area (Å²) in [5, 5.41) is 2.93. The Balaban J connectivity index is 2.01. The summed E-state index contributed by atoms with van der Waals surface area (Å²) in [7, 11) is -3.39. The molecule has 1 fully saturated rings. The maximum atomic E-state index is 11.9. The number of hydrogen-bond acceptors (Lipinski definition) is 4. The number of benzene rings is 1. The summed E-state index contributed by atoms with van der Waals surface area (Å²) in [5.74, 6) is -0.169. The summed E-state index contributed by atoms with van der Waals surface area (Å²) < 4.78 is 24.6. The summed E-state index contributed by atoms with van der Waals surface area (Å²) in [4.78, 5) is 11.9. The van der Waals surface area contributed by atoms with Gasteiger partial charge in [-0.05, 0) is 37.5 Å². The summed E-state index contributed by atoms with van der Waals surface area (Å²) >= 11 is 5.99. The number of sulfonamides is 1. The Bertz CT molecular complexity index is 657. The molecule has 1 saturated carbocycles. The molecule has 21 heavy (non-hydrogen) atoms. The normalized spacial score (nSPS) is 16.9. The highest BCUT2D eigenvalue weighted by Crippen LogP contribution is 2.32. The summed E-state index contributed by atoms with van der Waals surface area (Å²) in [6, 6.07) is 4.58. The van der Waals surface area contributed by atoms with Crippen LogP contribution in [0.2, 0.25) is 5.02 Å². The van der Waals surface area contributed by atoms with Crippen LogP contribution in [0, 0.1) is 0 Å². The van der Waals surface area contributed by atoms with Crippen molar-refractivity contribution in [1.82, 2.24) is 0 Å². The van der Waals surface area contributed by atoms with Crippen LogP contribution >= 0.6 is 11.6 Å². The van der Waals surface area contributed by atoms with Crippen LogP contribution in [0.3, 0.4) is 0 Å². The molecule has 0 radical (unpaired) electrons. The van der Waals surface area contributed by atoms with E-state index in [9.17, 15) is 13.2 Å². The van der Waals surface area contributed by atoms with E-state index >= 15 is 0 Å². The fourth-order valence-corrected chi connectivity index (χ4v) is 3.07. The second-order valence-corrected chi connectivity index (χ2v) is 7.67. The molecule has 1 amide bonds. The molecule has 1 aromatic carbocycles. The van der Waals surface area contributed by atoms with Crippen LogP contribution in [0.15, 0.2) is 18.2 Å². The van der Waals surface area contributed by atoms with E-state index in [4.69, 9.17) is 17.3 Å². The lowest BCUT2D eigenvalue weighted by Gasteiger charge is -2.37. The lowest BCUT2D eigenvalue weighted by molar-refractivity contribution is -0.118. The highest BCUT2D eigenvalue weighted by atomic mass is 35.5. The van der Waals surface area contributed by atoms with E-state index in [1.54, 1.807) is 6.07 Å². The number of amides is 1. The fourth-order valence-electron chi connectivity index (χ4n) is 2.21. The van der Waals surface area contributed by atoms with Crippen molar-refractivity contribution < 1.29 is 13.2 Å². The van der Waals surface area contributed by atoms with Crippen molar-refractivity contribution >= 4 is 38.9 Å². The van der Waals surface area contributed by atoms with Crippen molar-refractivity contribution in [3.8, 4) is 0 Å². The van der Waals surface area contributed by atoms with Gasteiger partial charge in [0.25, 0.3) is 0 Å². The largest absolute Gasteiger partial charge is 0.326 e. The Kier molecular flexibility index (Phi) is 4.46. The van der Waals surface area contributed by atoms with E-state index in [-0.39, 0.29) is 28.6 Å². The predicted octanol–water partition coefficient (Wildman–Crippen LogP) is 1.92. The third-order valence-electron chi connectivity index (χ3n) is 3.41. The van der Waals surface area contributed by atoms with Crippen molar-refractivity contribution in [2.45, 2.75) is 31.2 Å². The van der Waals surface area contributed by atoms with Crippen LogP contribution in [-0.2, 0) is 14.8 Å². The molecule has 4 N–H and O–H groups in total. The number of hydrogen-bond donors (Lipinski definition) is 3. The highest BCUT2D eigenvalue weighted by molar-refractivity contribution is 7.92. The van der Waals surface area contributed by atoms with Crippen LogP contribution in [0.4, 0.5) is 11.4 Å². The van der Waals surface area contributed by atoms with E-state index in [2.05, 4.69) is 10.0 Å². The Morgan fingerprint density at radius 2 is 2.10 bits per heavy atom. The van der Waals surface area contributed by atoms with Crippen LogP contribution < -0.4 is 15.8 Å². The molecule has 116 valence electrons. The number of nitrogens with two attached hydrogens (primary N) is 1. The average Bonchev–Trinajstić information content (AvgIpc) is 2.29. The summed E-state index contributed by atoms with van der Waals surface area (Å²) in [6.07, 6.45) is 4.09. The summed E-state index contributed by atoms with van der Waals surface area (Å²) in [5.41, 5.74) is 6.41. The third-order valence-corrected chi connectivity index (χ3v) is 4.31. The second-order valence-electron chi connectivity index (χ2n) is 5.51. The standard InChI is InChI=1S/C13H18ClN3O3S/c1-21(19,20)17-11-4-3-9(7-10(11)14)16-12(18)8-13(15)5-2-6-13/h3-4,7,17H,2,5-6,8,15H2,1H3,(H,16,18). The zero-order valence-electron chi connectivity index (χ0n) is 11.6. The minimum atomic E-state index is -3.39. The van der Waals surface area contributed by atoms with Gasteiger partial charge in [0.05, 0.1) is 17.0 Å². The number of halogens is 1. The molecule has 1 aliphatic rings. The number of rotatable bonds is 5. The molecule has 0 bridgehead atoms. The Labute approximate surface area is 129 Å². The molecular formula is C13H18ClN3O3S. The van der Waals surface area contributed by atoms with E-state index in [1.165, 1.54) is 12.1 Å². The molecule has 0 heterocycles. The van der Waals surface area contributed by atoms with Crippen molar-refractivity contribution in [2.24, 2.45) is 5.73 Å². The van der Waals surface area contributed by atoms with Crippen molar-refractivity contribution in [2.75, 3.05) is 16.3 Å². The molecule has 6 nitrogen and oxygen atoms in total. The predicted molar refractivity (Wildman–Crippen MR) is 83.9 cm³/mol. The Hall–Kier alpha value is -1.31. The van der Waals surface area contributed by atoms with Gasteiger partial charge in [-0.2, -0.15) is 0 Å². The Morgan fingerprint density at radius 1 is 1.43 bits per heavy atom. The number of anilines is 2. The van der Waals surface area contributed by atoms with Gasteiger partial charge >= 0.3 is 0 Å². The first kappa shape index (κ1) is 16.1. The molecule has 0 saturated heterocycles. The van der Waals surface area contributed by atoms with Crippen LogP contribution in [0.1, 0.15) is 25.7 Å². The highest BCUT2D eigenvalue weighted by Gasteiger charge is 2.34. The summed E-state index contributed by atoms with van der Waals surface area (Å²) in [6.45, 7) is 0. The molecular weight excluding hydrogens is 314 g/mol. The molecule has 2 rings (SSSR count). The molecule has 1 aliphatic carbocycles. The van der Waals surface area contributed by atoms with Crippen molar-refractivity contribution in [1.29, 1.82) is 0 Å². The van der Waals surface area contributed by atoms with Crippen molar-refractivity contribution in [3.63, 3.8) is 0 Å². The molecule has 0 spiro atoms. The molecule has 0 aromatic heterocycles. The fraction of sp³-hybridized carbons (Fsp3) is 0.462. The molecule has 1 aromatic rings. The number of carbonyl (C=O) groups is 1. The lowest BCUT2D eigenvalue weighted by Crippen LogP contribution is -2.48. The van der Waals surface area contributed by atoms with Gasteiger partial charge in [0.1, 0.15) is 0 Å². The first-order valence-corrected chi connectivity index (χ1v) is 8.80. The van der Waals surface area contributed by atoms with E-state index in [0.717, 1.165) is 25.5 Å². The first-order valence-electron chi connectivity index (χ1n) is 6.53. The molecule has 0 unspecified atom stereocenters. The number of nitrogens with one attached hydrogen (secondary N) is 2. The molecule has 0 aliphatic heterocycles. The van der Waals surface area contributed by atoms with Gasteiger partial charge in [0, 0.05) is 17.6 Å². The van der Waals surface area contributed by atoms with Gasteiger partial charge in [-0.25, -0.2) is 8.42 Å². The van der Waals surface area contributed by atoms with E-state index < -0.39 is 10.0 Å². The Morgan fingerprint density at radius 3 is 2.57 bits per heavy atom. The van der Waals surface area contributed by atoms with E-state index in [0.29, 0.717) is 5.69 Å².